The van der Waals surface area contributed by atoms with E-state index in [0.717, 1.165) is 5.56 Å². The van der Waals surface area contributed by atoms with Gasteiger partial charge in [-0.2, -0.15) is 0 Å². The molecule has 0 saturated carbocycles. The first-order chi connectivity index (χ1) is 18.5. The molecule has 12 heteroatoms. The number of alkyl carbamates (subject to hydrolysis) is 2. The minimum absolute atomic E-state index is 0.0517. The zero-order chi connectivity index (χ0) is 30.5. The van der Waals surface area contributed by atoms with Gasteiger partial charge in [-0.1, -0.05) is 51.1 Å². The number of carbonyl (C=O) groups is 5. The summed E-state index contributed by atoms with van der Waals surface area (Å²) in [5.41, 5.74) is 4.87. The van der Waals surface area contributed by atoms with E-state index in [9.17, 15) is 29.1 Å². The van der Waals surface area contributed by atoms with E-state index in [1.165, 1.54) is 0 Å². The van der Waals surface area contributed by atoms with Gasteiger partial charge < -0.3 is 36.3 Å². The lowest BCUT2D eigenvalue weighted by Gasteiger charge is -2.30. The van der Waals surface area contributed by atoms with Crippen LogP contribution in [0.15, 0.2) is 30.3 Å². The summed E-state index contributed by atoms with van der Waals surface area (Å²) in [7, 11) is 0. The number of carbonyl (C=O) groups excluding carboxylic acids is 4. The van der Waals surface area contributed by atoms with Crippen molar-refractivity contribution in [3.05, 3.63) is 35.9 Å². The summed E-state index contributed by atoms with van der Waals surface area (Å²) in [6.45, 7) is 10.6. The average molecular weight is 565 g/mol. The molecule has 1 rings (SSSR count). The molecule has 1 aromatic carbocycles. The maximum Gasteiger partial charge on any atom is 0.408 e. The molecule has 0 saturated heterocycles. The molecule has 3 atom stereocenters. The van der Waals surface area contributed by atoms with E-state index in [1.807, 2.05) is 6.07 Å². The Balaban J connectivity index is 2.84. The summed E-state index contributed by atoms with van der Waals surface area (Å²) in [6, 6.07) is 6.53. The highest BCUT2D eigenvalue weighted by Gasteiger charge is 2.37. The van der Waals surface area contributed by atoms with Gasteiger partial charge in [-0.05, 0) is 57.4 Å². The molecule has 12 nitrogen and oxygen atoms in total. The summed E-state index contributed by atoms with van der Waals surface area (Å²) < 4.78 is 10.4. The van der Waals surface area contributed by atoms with Crippen molar-refractivity contribution < 1.29 is 38.6 Å². The van der Waals surface area contributed by atoms with Crippen molar-refractivity contribution in [3.8, 4) is 0 Å². The fourth-order valence-corrected chi connectivity index (χ4v) is 3.74. The number of rotatable bonds is 14. The first-order valence-corrected chi connectivity index (χ1v) is 13.3. The fraction of sp³-hybridized carbons (Fsp3) is 0.607. The van der Waals surface area contributed by atoms with E-state index >= 15 is 0 Å². The first-order valence-electron chi connectivity index (χ1n) is 13.3. The number of primary amides is 1. The normalized spacial score (nSPS) is 13.8. The van der Waals surface area contributed by atoms with Crippen molar-refractivity contribution >= 4 is 30.0 Å². The van der Waals surface area contributed by atoms with Crippen LogP contribution in [-0.4, -0.2) is 59.3 Å². The largest absolute Gasteiger partial charge is 0.481 e. The number of carboxylic acids is 1. The molecule has 0 fully saturated rings. The monoisotopic (exact) mass is 564 g/mol. The van der Waals surface area contributed by atoms with Crippen molar-refractivity contribution in [2.24, 2.45) is 17.1 Å². The second kappa shape index (κ2) is 15.7. The molecule has 4 amide bonds. The number of ether oxygens (including phenoxy) is 2. The highest BCUT2D eigenvalue weighted by molar-refractivity contribution is 5.91. The number of carboxylic acid groups (broad SMARTS) is 1. The van der Waals surface area contributed by atoms with Crippen LogP contribution in [0.1, 0.15) is 72.8 Å². The Hall–Kier alpha value is -3.83. The number of amides is 4. The Bertz CT molecular complexity index is 1000. The lowest BCUT2D eigenvalue weighted by Crippen LogP contribution is -2.54. The number of nitrogens with two attached hydrogens (primary N) is 1. The molecule has 6 N–H and O–H groups in total. The standard InChI is InChI=1S/C28H44N4O8/c1-27(2,3)19(24(35)36)16-21(32-26(38)39-17-18-12-8-7-9-13-18)23(34)31-20(22(29)33)14-10-11-15-30-25(37)40-28(4,5)6/h7-9,12-13,19-21H,10-11,14-17H2,1-6H3,(H2,29,33)(H,30,37)(H,31,34)(H,32,38)(H,35,36)/t19?,20-,21-/m0/s1. The molecule has 0 aliphatic rings. The van der Waals surface area contributed by atoms with E-state index in [2.05, 4.69) is 16.0 Å². The quantitative estimate of drug-likeness (QED) is 0.213. The van der Waals surface area contributed by atoms with Crippen molar-refractivity contribution in [1.29, 1.82) is 0 Å². The molecule has 0 radical (unpaired) electrons. The SMILES string of the molecule is CC(C)(C)OC(=O)NCCCC[C@H](NC(=O)[C@H](CC(C(=O)O)C(C)(C)C)NC(=O)OCc1ccccc1)C(N)=O. The minimum atomic E-state index is -1.31. The maximum atomic E-state index is 13.2. The lowest BCUT2D eigenvalue weighted by atomic mass is 9.77. The first kappa shape index (κ1) is 34.2. The Morgan fingerprint density at radius 2 is 1.52 bits per heavy atom. The van der Waals surface area contributed by atoms with Crippen LogP contribution in [0.5, 0.6) is 0 Å². The van der Waals surface area contributed by atoms with Gasteiger partial charge in [-0.15, -0.1) is 0 Å². The Kier molecular flexibility index (Phi) is 13.4. The predicted molar refractivity (Wildman–Crippen MR) is 148 cm³/mol. The van der Waals surface area contributed by atoms with Gasteiger partial charge in [0.05, 0.1) is 5.92 Å². The van der Waals surface area contributed by atoms with Crippen molar-refractivity contribution in [2.75, 3.05) is 6.54 Å². The van der Waals surface area contributed by atoms with Crippen LogP contribution in [0.25, 0.3) is 0 Å². The van der Waals surface area contributed by atoms with Gasteiger partial charge in [0.15, 0.2) is 0 Å². The van der Waals surface area contributed by atoms with Crippen LogP contribution < -0.4 is 21.7 Å². The second-order valence-corrected chi connectivity index (χ2v) is 11.6. The van der Waals surface area contributed by atoms with Gasteiger partial charge in [0.1, 0.15) is 24.3 Å². The molecular weight excluding hydrogens is 520 g/mol. The lowest BCUT2D eigenvalue weighted by molar-refractivity contribution is -0.146. The minimum Gasteiger partial charge on any atom is -0.481 e. The predicted octanol–water partition coefficient (Wildman–Crippen LogP) is 3.08. The Labute approximate surface area is 235 Å². The summed E-state index contributed by atoms with van der Waals surface area (Å²) >= 11 is 0. The van der Waals surface area contributed by atoms with Crippen molar-refractivity contribution in [3.63, 3.8) is 0 Å². The average Bonchev–Trinajstić information content (AvgIpc) is 2.82. The molecule has 0 aromatic heterocycles. The third kappa shape index (κ3) is 13.8. The van der Waals surface area contributed by atoms with Crippen LogP contribution in [0.4, 0.5) is 9.59 Å². The van der Waals surface area contributed by atoms with E-state index in [4.69, 9.17) is 15.2 Å². The zero-order valence-corrected chi connectivity index (χ0v) is 24.2. The molecule has 0 aliphatic carbocycles. The second-order valence-electron chi connectivity index (χ2n) is 11.6. The smallest absolute Gasteiger partial charge is 0.408 e. The highest BCUT2D eigenvalue weighted by atomic mass is 16.6. The van der Waals surface area contributed by atoms with E-state index in [-0.39, 0.29) is 26.0 Å². The van der Waals surface area contributed by atoms with E-state index in [1.54, 1.807) is 65.8 Å². The summed E-state index contributed by atoms with van der Waals surface area (Å²) in [5.74, 6) is -3.68. The molecule has 1 unspecified atom stereocenters. The number of benzene rings is 1. The Morgan fingerprint density at radius 3 is 2.05 bits per heavy atom. The summed E-state index contributed by atoms with van der Waals surface area (Å²) in [6.07, 6.45) is -0.628. The number of unbranched alkanes of at least 4 members (excludes halogenated alkanes) is 1. The van der Waals surface area contributed by atoms with Gasteiger partial charge in [-0.25, -0.2) is 9.59 Å². The maximum absolute atomic E-state index is 13.2. The number of nitrogens with one attached hydrogen (secondary N) is 3. The van der Waals surface area contributed by atoms with Crippen LogP contribution in [-0.2, 0) is 30.5 Å². The third-order valence-electron chi connectivity index (χ3n) is 5.88. The molecule has 0 aliphatic heterocycles. The molecule has 0 spiro atoms. The number of hydrogen-bond donors (Lipinski definition) is 5. The van der Waals surface area contributed by atoms with E-state index < -0.39 is 59.0 Å². The fourth-order valence-electron chi connectivity index (χ4n) is 3.74. The van der Waals surface area contributed by atoms with Gasteiger partial charge in [0.25, 0.3) is 0 Å². The highest BCUT2D eigenvalue weighted by Crippen LogP contribution is 2.30. The van der Waals surface area contributed by atoms with Crippen LogP contribution in [0.3, 0.4) is 0 Å². The van der Waals surface area contributed by atoms with Crippen LogP contribution in [0, 0.1) is 11.3 Å². The molecule has 1 aromatic rings. The van der Waals surface area contributed by atoms with Crippen LogP contribution in [0.2, 0.25) is 0 Å². The molecule has 0 heterocycles. The van der Waals surface area contributed by atoms with Crippen LogP contribution >= 0.6 is 0 Å². The molecule has 0 bridgehead atoms. The van der Waals surface area contributed by atoms with Gasteiger partial charge >= 0.3 is 18.2 Å². The van der Waals surface area contributed by atoms with Gasteiger partial charge in [0, 0.05) is 6.54 Å². The Morgan fingerprint density at radius 1 is 0.900 bits per heavy atom. The van der Waals surface area contributed by atoms with Crippen molar-refractivity contribution in [2.45, 2.75) is 91.5 Å². The zero-order valence-electron chi connectivity index (χ0n) is 24.2. The third-order valence-corrected chi connectivity index (χ3v) is 5.88. The molecular formula is C28H44N4O8. The summed E-state index contributed by atoms with van der Waals surface area (Å²) in [4.78, 5) is 61.5. The number of aliphatic carboxylic acids is 1. The van der Waals surface area contributed by atoms with Gasteiger partial charge in [-0.3, -0.25) is 14.4 Å². The van der Waals surface area contributed by atoms with Crippen molar-refractivity contribution in [1.82, 2.24) is 16.0 Å². The molecule has 224 valence electrons. The topological polar surface area (TPSA) is 186 Å². The van der Waals surface area contributed by atoms with Gasteiger partial charge in [0.2, 0.25) is 11.8 Å². The molecule has 40 heavy (non-hydrogen) atoms. The number of hydrogen-bond acceptors (Lipinski definition) is 7. The summed E-state index contributed by atoms with van der Waals surface area (Å²) in [5, 5.41) is 17.4. The van der Waals surface area contributed by atoms with E-state index in [0.29, 0.717) is 12.8 Å².